The van der Waals surface area contributed by atoms with Gasteiger partial charge in [-0.05, 0) is 56.6 Å². The van der Waals surface area contributed by atoms with Gasteiger partial charge in [-0.2, -0.15) is 0 Å². The minimum Gasteiger partial charge on any atom is -0.396 e. The largest absolute Gasteiger partial charge is 0.396 e. The minimum atomic E-state index is -1.19. The van der Waals surface area contributed by atoms with Crippen molar-refractivity contribution in [3.8, 4) is 0 Å². The first-order chi connectivity index (χ1) is 19.7. The molecule has 0 saturated carbocycles. The summed E-state index contributed by atoms with van der Waals surface area (Å²) in [7, 11) is 0. The van der Waals surface area contributed by atoms with Crippen LogP contribution in [0.15, 0.2) is 42.5 Å². The lowest BCUT2D eigenvalue weighted by Gasteiger charge is -2.28. The standard InChI is InChI=1S/C17H18.C9H20O4.C6H14.C5H12O/c1-13-4-6-16(7-5-13)8-9-17-11-14(2)10-15(3)12-17;1-5(2)7(11)9(13)8(12)6(3)4-10;1-4-6(3)5-2;1-3-5(6)4-2/h4-12H,1-3H3;5-13H,4H2,1-3H3;6H,4-5H2,1-3H3;5-6H,3-4H2,1-2H3/b9-8+;;;. The van der Waals surface area contributed by atoms with Gasteiger partial charge in [-0.1, -0.05) is 140 Å². The number of hydrogen-bond donors (Lipinski definition) is 5. The molecular formula is C37H64O5. The first-order valence-corrected chi connectivity index (χ1v) is 15.8. The van der Waals surface area contributed by atoms with E-state index in [0.717, 1.165) is 18.8 Å². The Morgan fingerprint density at radius 2 is 1.02 bits per heavy atom. The molecule has 0 spiro atoms. The van der Waals surface area contributed by atoms with Gasteiger partial charge < -0.3 is 25.5 Å². The summed E-state index contributed by atoms with van der Waals surface area (Å²) in [4.78, 5) is 0. The number of aliphatic hydroxyl groups excluding tert-OH is 5. The Morgan fingerprint density at radius 1 is 0.571 bits per heavy atom. The smallest absolute Gasteiger partial charge is 0.106 e. The molecule has 0 aliphatic carbocycles. The number of rotatable bonds is 11. The third-order valence-electron chi connectivity index (χ3n) is 7.38. The van der Waals surface area contributed by atoms with Gasteiger partial charge in [0.05, 0.1) is 18.3 Å². The van der Waals surface area contributed by atoms with Gasteiger partial charge in [0.2, 0.25) is 0 Å². The average molecular weight is 589 g/mol. The average Bonchev–Trinajstić information content (AvgIpc) is 2.98. The van der Waals surface area contributed by atoms with Crippen molar-refractivity contribution in [2.75, 3.05) is 6.61 Å². The van der Waals surface area contributed by atoms with Crippen molar-refractivity contribution < 1.29 is 25.5 Å². The van der Waals surface area contributed by atoms with E-state index in [2.05, 4.69) is 96.2 Å². The van der Waals surface area contributed by atoms with Gasteiger partial charge in [-0.15, -0.1) is 0 Å². The minimum absolute atomic E-state index is 0.0648. The second kappa shape index (κ2) is 24.4. The Labute approximate surface area is 258 Å². The van der Waals surface area contributed by atoms with Crippen LogP contribution < -0.4 is 0 Å². The van der Waals surface area contributed by atoms with Gasteiger partial charge in [0, 0.05) is 12.5 Å². The molecule has 5 heteroatoms. The molecule has 5 nitrogen and oxygen atoms in total. The van der Waals surface area contributed by atoms with Crippen molar-refractivity contribution in [2.24, 2.45) is 17.8 Å². The summed E-state index contributed by atoms with van der Waals surface area (Å²) in [6, 6.07) is 15.2. The van der Waals surface area contributed by atoms with Crippen LogP contribution in [0, 0.1) is 38.5 Å². The molecule has 0 aliphatic rings. The molecule has 42 heavy (non-hydrogen) atoms. The highest BCUT2D eigenvalue weighted by molar-refractivity contribution is 5.70. The SMILES string of the molecule is CC(C)C(O)C(O)C(O)C(C)CO.CCC(C)CC.CCC(O)CC.Cc1ccc(/C=C/c2cc(C)cc(C)c2)cc1. The fourth-order valence-corrected chi connectivity index (χ4v) is 3.59. The molecule has 0 aliphatic heterocycles. The van der Waals surface area contributed by atoms with Gasteiger partial charge >= 0.3 is 0 Å². The molecule has 242 valence electrons. The molecule has 0 aromatic heterocycles. The van der Waals surface area contributed by atoms with Crippen LogP contribution in [0.3, 0.4) is 0 Å². The van der Waals surface area contributed by atoms with E-state index in [1.54, 1.807) is 20.8 Å². The molecule has 0 bridgehead atoms. The zero-order valence-electron chi connectivity index (χ0n) is 28.5. The maximum Gasteiger partial charge on any atom is 0.106 e. The predicted molar refractivity (Wildman–Crippen MR) is 181 cm³/mol. The normalized spacial score (nSPS) is 13.9. The second-order valence-electron chi connectivity index (χ2n) is 11.9. The van der Waals surface area contributed by atoms with Crippen LogP contribution in [0.25, 0.3) is 12.2 Å². The number of benzene rings is 2. The van der Waals surface area contributed by atoms with Crippen LogP contribution in [-0.2, 0) is 0 Å². The van der Waals surface area contributed by atoms with Crippen LogP contribution in [0.5, 0.6) is 0 Å². The molecule has 2 rings (SSSR count). The Bertz CT molecular complexity index is 899. The summed E-state index contributed by atoms with van der Waals surface area (Å²) < 4.78 is 0. The van der Waals surface area contributed by atoms with E-state index in [-0.39, 0.29) is 18.6 Å². The summed E-state index contributed by atoms with van der Waals surface area (Å²) >= 11 is 0. The van der Waals surface area contributed by atoms with Gasteiger partial charge in [-0.3, -0.25) is 0 Å². The Hall–Kier alpha value is -2.02. The first-order valence-electron chi connectivity index (χ1n) is 15.8. The lowest BCUT2D eigenvalue weighted by molar-refractivity contribution is -0.0979. The Balaban J connectivity index is 0. The molecule has 0 amide bonds. The fourth-order valence-electron chi connectivity index (χ4n) is 3.59. The van der Waals surface area contributed by atoms with Crippen molar-refractivity contribution in [1.29, 1.82) is 0 Å². The van der Waals surface area contributed by atoms with Gasteiger partial charge in [0.25, 0.3) is 0 Å². The topological polar surface area (TPSA) is 101 Å². The lowest BCUT2D eigenvalue weighted by Crippen LogP contribution is -2.44. The summed E-state index contributed by atoms with van der Waals surface area (Å²) in [5.74, 6) is 0.393. The van der Waals surface area contributed by atoms with E-state index in [9.17, 15) is 15.3 Å². The molecule has 0 radical (unpaired) electrons. The maximum absolute atomic E-state index is 9.45. The number of aryl methyl sites for hydroxylation is 3. The van der Waals surface area contributed by atoms with Crippen molar-refractivity contribution in [1.82, 2.24) is 0 Å². The molecule has 5 N–H and O–H groups in total. The van der Waals surface area contributed by atoms with Crippen LogP contribution in [0.4, 0.5) is 0 Å². The first kappa shape index (κ1) is 42.1. The number of aliphatic hydroxyl groups is 5. The van der Waals surface area contributed by atoms with E-state index in [1.807, 2.05) is 13.8 Å². The van der Waals surface area contributed by atoms with Crippen molar-refractivity contribution in [2.45, 2.75) is 126 Å². The molecule has 0 fully saturated rings. The van der Waals surface area contributed by atoms with E-state index in [0.29, 0.717) is 0 Å². The molecule has 0 saturated heterocycles. The van der Waals surface area contributed by atoms with Crippen LogP contribution in [0.2, 0.25) is 0 Å². The highest BCUT2D eigenvalue weighted by Crippen LogP contribution is 2.15. The summed E-state index contributed by atoms with van der Waals surface area (Å²) in [6.45, 7) is 22.0. The molecular weight excluding hydrogens is 524 g/mol. The zero-order chi connectivity index (χ0) is 32.8. The lowest BCUT2D eigenvalue weighted by atomic mass is 9.92. The molecule has 0 heterocycles. The van der Waals surface area contributed by atoms with E-state index >= 15 is 0 Å². The maximum atomic E-state index is 9.45. The van der Waals surface area contributed by atoms with Crippen molar-refractivity contribution in [3.63, 3.8) is 0 Å². The molecule has 4 atom stereocenters. The van der Waals surface area contributed by atoms with E-state index < -0.39 is 24.2 Å². The quantitative estimate of drug-likeness (QED) is 0.173. The van der Waals surface area contributed by atoms with Crippen molar-refractivity contribution in [3.05, 3.63) is 70.3 Å². The Kier molecular flexibility index (Phi) is 24.5. The van der Waals surface area contributed by atoms with Crippen molar-refractivity contribution >= 4 is 12.2 Å². The van der Waals surface area contributed by atoms with Crippen LogP contribution >= 0.6 is 0 Å². The monoisotopic (exact) mass is 588 g/mol. The third-order valence-corrected chi connectivity index (χ3v) is 7.38. The second-order valence-corrected chi connectivity index (χ2v) is 11.9. The van der Waals surface area contributed by atoms with E-state index in [4.69, 9.17) is 10.2 Å². The summed E-state index contributed by atoms with van der Waals surface area (Å²) in [6.07, 6.45) is 5.47. The van der Waals surface area contributed by atoms with Crippen LogP contribution in [-0.4, -0.2) is 56.6 Å². The molecule has 2 aromatic carbocycles. The van der Waals surface area contributed by atoms with Gasteiger partial charge in [-0.25, -0.2) is 0 Å². The fraction of sp³-hybridized carbons (Fsp3) is 0.622. The summed E-state index contributed by atoms with van der Waals surface area (Å²) in [5.41, 5.74) is 6.44. The zero-order valence-corrected chi connectivity index (χ0v) is 28.5. The van der Waals surface area contributed by atoms with Gasteiger partial charge in [0.1, 0.15) is 6.10 Å². The predicted octanol–water partition coefficient (Wildman–Crippen LogP) is 7.75. The highest BCUT2D eigenvalue weighted by atomic mass is 16.4. The van der Waals surface area contributed by atoms with Gasteiger partial charge in [0.15, 0.2) is 0 Å². The molecule has 4 unspecified atom stereocenters. The summed E-state index contributed by atoms with van der Waals surface area (Å²) in [5, 5.41) is 45.7. The van der Waals surface area contributed by atoms with E-state index in [1.165, 1.54) is 40.7 Å². The third kappa shape index (κ3) is 20.0. The van der Waals surface area contributed by atoms with Crippen LogP contribution in [0.1, 0.15) is 109 Å². The Morgan fingerprint density at radius 3 is 1.36 bits per heavy atom. The molecule has 2 aromatic rings. The number of hydrogen-bond acceptors (Lipinski definition) is 5. The highest BCUT2D eigenvalue weighted by Gasteiger charge is 2.30.